The normalized spacial score (nSPS) is 30.1. The lowest BCUT2D eigenvalue weighted by Gasteiger charge is -2.48. The number of hydrogen-bond donors (Lipinski definition) is 0. The summed E-state index contributed by atoms with van der Waals surface area (Å²) in [6, 6.07) is 0. The van der Waals surface area contributed by atoms with Crippen molar-refractivity contribution in [2.24, 2.45) is 0 Å². The Labute approximate surface area is 278 Å². The first kappa shape index (κ1) is 39.8. The number of thioether (sulfide) groups is 2. The van der Waals surface area contributed by atoms with Gasteiger partial charge < -0.3 is 42.6 Å². The summed E-state index contributed by atoms with van der Waals surface area (Å²) in [6.45, 7) is 7.92. The lowest BCUT2D eigenvalue weighted by molar-refractivity contribution is -0.238. The van der Waals surface area contributed by atoms with Gasteiger partial charge in [-0.3, -0.25) is 38.4 Å². The standard InChI is InChI=1S/C28H38O17S2/c1-11(29)37-9-19-21(39-13(3)31)23(41-15(5)33)25(43-17(7)35)27(44-19)47-26-24(42-16(6)34)22(40-14(4)32)20(10-38-12(2)30)45-28(26)46-18(8)36/h19-28H,9-10H2,1-8H3/t19-,20-,21-,22-,23+,24+,25-,26-,27-,28+/m1/s1. The third-order valence-electron chi connectivity index (χ3n) is 6.17. The van der Waals surface area contributed by atoms with E-state index in [0.29, 0.717) is 11.8 Å². The van der Waals surface area contributed by atoms with Gasteiger partial charge >= 0.3 is 41.8 Å². The van der Waals surface area contributed by atoms with Crippen LogP contribution in [0, 0.1) is 0 Å². The number of carbonyl (C=O) groups excluding carboxylic acids is 8. The quantitative estimate of drug-likeness (QED) is 0.200. The van der Waals surface area contributed by atoms with Crippen LogP contribution in [0.25, 0.3) is 0 Å². The molecule has 0 spiro atoms. The maximum absolute atomic E-state index is 12.4. The minimum Gasteiger partial charge on any atom is -0.463 e. The second kappa shape index (κ2) is 18.2. The molecule has 0 saturated carbocycles. The number of ether oxygens (including phenoxy) is 9. The van der Waals surface area contributed by atoms with Crippen molar-refractivity contribution in [1.82, 2.24) is 0 Å². The molecule has 2 aliphatic rings. The van der Waals surface area contributed by atoms with Crippen molar-refractivity contribution >= 4 is 70.4 Å². The molecule has 0 unspecified atom stereocenters. The minimum absolute atomic E-state index is 0.444. The highest BCUT2D eigenvalue weighted by atomic mass is 32.2. The lowest BCUT2D eigenvalue weighted by atomic mass is 9.99. The van der Waals surface area contributed by atoms with Gasteiger partial charge in [0.1, 0.15) is 36.3 Å². The second-order valence-corrected chi connectivity index (χ2v) is 12.8. The molecule has 17 nitrogen and oxygen atoms in total. The third-order valence-corrected chi connectivity index (χ3v) is 8.79. The predicted molar refractivity (Wildman–Crippen MR) is 158 cm³/mol. The largest absolute Gasteiger partial charge is 0.463 e. The van der Waals surface area contributed by atoms with Gasteiger partial charge in [-0.2, -0.15) is 0 Å². The van der Waals surface area contributed by atoms with Crippen LogP contribution >= 0.6 is 23.5 Å². The van der Waals surface area contributed by atoms with E-state index in [0.717, 1.165) is 60.2 Å². The molecule has 47 heavy (non-hydrogen) atoms. The summed E-state index contributed by atoms with van der Waals surface area (Å²) in [5, 5.41) is -1.60. The fourth-order valence-corrected chi connectivity index (χ4v) is 7.34. The van der Waals surface area contributed by atoms with Gasteiger partial charge in [0, 0.05) is 55.4 Å². The number of hydrogen-bond acceptors (Lipinski definition) is 19. The first-order chi connectivity index (χ1) is 21.9. The van der Waals surface area contributed by atoms with Crippen LogP contribution in [0.3, 0.4) is 0 Å². The summed E-state index contributed by atoms with van der Waals surface area (Å²) in [6.07, 6.45) is -9.74. The van der Waals surface area contributed by atoms with E-state index >= 15 is 0 Å². The maximum Gasteiger partial charge on any atom is 0.303 e. The highest BCUT2D eigenvalue weighted by Crippen LogP contribution is 2.44. The molecule has 2 saturated heterocycles. The summed E-state index contributed by atoms with van der Waals surface area (Å²) in [5.41, 5.74) is -2.57. The number of carbonyl (C=O) groups is 8. The predicted octanol–water partition coefficient (Wildman–Crippen LogP) is 0.602. The molecule has 264 valence electrons. The molecule has 0 aliphatic carbocycles. The Hall–Kier alpha value is -3.42. The Morgan fingerprint density at radius 1 is 0.468 bits per heavy atom. The highest BCUT2D eigenvalue weighted by Gasteiger charge is 2.57. The van der Waals surface area contributed by atoms with Gasteiger partial charge in [-0.25, -0.2) is 0 Å². The Balaban J connectivity index is 2.72. The zero-order valence-corrected chi connectivity index (χ0v) is 28.6. The van der Waals surface area contributed by atoms with Gasteiger partial charge in [0.05, 0.1) is 5.25 Å². The molecule has 0 aromatic rings. The molecule has 0 amide bonds. The van der Waals surface area contributed by atoms with Crippen molar-refractivity contribution < 1.29 is 81.0 Å². The Morgan fingerprint density at radius 3 is 1.23 bits per heavy atom. The van der Waals surface area contributed by atoms with Gasteiger partial charge in [0.2, 0.25) is 0 Å². The molecule has 0 bridgehead atoms. The van der Waals surface area contributed by atoms with E-state index in [2.05, 4.69) is 0 Å². The van der Waals surface area contributed by atoms with Crippen molar-refractivity contribution in [3.63, 3.8) is 0 Å². The SMILES string of the molecule is CC(=O)OC[C@H]1O[C@H](S[C@@H]2[C@@H](OC(C)=O)[C@H](OC(C)=O)[C@@H](COC(C)=O)O[C@H]2SC(C)=O)[C@H](OC(C)=O)[C@@H](OC(C)=O)[C@@H]1OC(C)=O. The van der Waals surface area contributed by atoms with Crippen molar-refractivity contribution in [3.8, 4) is 0 Å². The van der Waals surface area contributed by atoms with Gasteiger partial charge in [0.15, 0.2) is 35.6 Å². The van der Waals surface area contributed by atoms with Crippen LogP contribution in [-0.2, 0) is 81.0 Å². The molecule has 2 heterocycles. The van der Waals surface area contributed by atoms with Crippen LogP contribution in [0.1, 0.15) is 55.4 Å². The highest BCUT2D eigenvalue weighted by molar-refractivity contribution is 8.14. The molecule has 0 aromatic carbocycles. The van der Waals surface area contributed by atoms with Crippen molar-refractivity contribution in [3.05, 3.63) is 0 Å². The van der Waals surface area contributed by atoms with E-state index in [4.69, 9.17) is 42.6 Å². The van der Waals surface area contributed by atoms with E-state index in [1.807, 2.05) is 0 Å². The fraction of sp³-hybridized carbons (Fsp3) is 0.714. The van der Waals surface area contributed by atoms with E-state index in [1.165, 1.54) is 6.92 Å². The van der Waals surface area contributed by atoms with Crippen molar-refractivity contribution in [2.45, 2.75) is 114 Å². The lowest BCUT2D eigenvalue weighted by Crippen LogP contribution is -2.64. The molecule has 0 aromatic heterocycles. The zero-order valence-electron chi connectivity index (χ0n) is 26.9. The van der Waals surface area contributed by atoms with E-state index < -0.39 is 119 Å². The first-order valence-electron chi connectivity index (χ1n) is 14.2. The summed E-state index contributed by atoms with van der Waals surface area (Å²) < 4.78 is 50.0. The minimum atomic E-state index is -1.51. The Bertz CT molecular complexity index is 1210. The van der Waals surface area contributed by atoms with E-state index in [1.54, 1.807) is 0 Å². The van der Waals surface area contributed by atoms with Crippen molar-refractivity contribution in [1.29, 1.82) is 0 Å². The third kappa shape index (κ3) is 12.6. The van der Waals surface area contributed by atoms with E-state index in [9.17, 15) is 38.4 Å². The summed E-state index contributed by atoms with van der Waals surface area (Å²) in [7, 11) is 0. The van der Waals surface area contributed by atoms with Crippen LogP contribution in [0.4, 0.5) is 0 Å². The van der Waals surface area contributed by atoms with Crippen LogP contribution < -0.4 is 0 Å². The van der Waals surface area contributed by atoms with Crippen LogP contribution in [-0.4, -0.2) is 119 Å². The van der Waals surface area contributed by atoms with Crippen molar-refractivity contribution in [2.75, 3.05) is 13.2 Å². The summed E-state index contributed by atoms with van der Waals surface area (Å²) in [4.78, 5) is 96.9. The zero-order chi connectivity index (χ0) is 35.6. The molecule has 0 N–H and O–H groups in total. The average Bonchev–Trinajstić information content (AvgIpc) is 2.91. The molecule has 10 atom stereocenters. The average molecular weight is 711 g/mol. The van der Waals surface area contributed by atoms with Crippen LogP contribution in [0.2, 0.25) is 0 Å². The molecule has 19 heteroatoms. The number of esters is 7. The molecule has 2 fully saturated rings. The van der Waals surface area contributed by atoms with Gasteiger partial charge in [-0.05, 0) is 0 Å². The van der Waals surface area contributed by atoms with Gasteiger partial charge in [0.25, 0.3) is 0 Å². The molecule has 2 aliphatic heterocycles. The maximum atomic E-state index is 12.4. The Kier molecular flexibility index (Phi) is 15.4. The van der Waals surface area contributed by atoms with Gasteiger partial charge in [-0.1, -0.05) is 11.8 Å². The molecular weight excluding hydrogens is 672 g/mol. The Morgan fingerprint density at radius 2 is 0.830 bits per heavy atom. The second-order valence-electron chi connectivity index (χ2n) is 10.3. The molecule has 0 radical (unpaired) electrons. The molecular formula is C28H38O17S2. The number of rotatable bonds is 12. The van der Waals surface area contributed by atoms with Crippen LogP contribution in [0.15, 0.2) is 0 Å². The fourth-order valence-electron chi connectivity index (χ4n) is 4.73. The molecule has 2 rings (SSSR count). The summed E-state index contributed by atoms with van der Waals surface area (Å²) in [5.74, 6) is -5.57. The van der Waals surface area contributed by atoms with E-state index in [-0.39, 0.29) is 0 Å². The van der Waals surface area contributed by atoms with Gasteiger partial charge in [-0.15, -0.1) is 11.8 Å². The summed E-state index contributed by atoms with van der Waals surface area (Å²) >= 11 is 1.46. The van der Waals surface area contributed by atoms with Crippen LogP contribution in [0.5, 0.6) is 0 Å². The topological polar surface area (TPSA) is 220 Å². The monoisotopic (exact) mass is 710 g/mol. The smallest absolute Gasteiger partial charge is 0.303 e. The first-order valence-corrected chi connectivity index (χ1v) is 16.0.